The molecule has 0 saturated heterocycles. The summed E-state index contributed by atoms with van der Waals surface area (Å²) < 4.78 is 0. The molecule has 1 saturated carbocycles. The molecule has 0 heterocycles. The monoisotopic (exact) mass is 240 g/mol. The minimum atomic E-state index is 1.06. The molecule has 0 radical (unpaired) electrons. The summed E-state index contributed by atoms with van der Waals surface area (Å²) >= 11 is 0. The van der Waals surface area contributed by atoms with E-state index in [2.05, 4.69) is 24.1 Å². The molecule has 0 aromatic heterocycles. The normalized spacial score (nSPS) is 17.1. The Balaban J connectivity index is 1.80. The van der Waals surface area contributed by atoms with Crippen molar-refractivity contribution in [1.82, 2.24) is 10.2 Å². The van der Waals surface area contributed by atoms with Crippen LogP contribution in [0, 0.1) is 5.92 Å². The van der Waals surface area contributed by atoms with Crippen LogP contribution in [0.25, 0.3) is 0 Å². The second kappa shape index (κ2) is 9.90. The minimum absolute atomic E-state index is 1.06. The van der Waals surface area contributed by atoms with Gasteiger partial charge >= 0.3 is 0 Å². The maximum atomic E-state index is 3.59. The van der Waals surface area contributed by atoms with E-state index in [1.54, 1.807) is 0 Å². The third-order valence-corrected chi connectivity index (χ3v) is 4.16. The first-order valence-electron chi connectivity index (χ1n) is 7.79. The third kappa shape index (κ3) is 7.05. The molecule has 0 bridgehead atoms. The Morgan fingerprint density at radius 1 is 1.00 bits per heavy atom. The zero-order chi connectivity index (χ0) is 12.3. The summed E-state index contributed by atoms with van der Waals surface area (Å²) in [6.07, 6.45) is 10.1. The fourth-order valence-corrected chi connectivity index (χ4v) is 2.91. The number of hydrogen-bond donors (Lipinski definition) is 1. The van der Waals surface area contributed by atoms with Crippen LogP contribution in [0.15, 0.2) is 0 Å². The highest BCUT2D eigenvalue weighted by Crippen LogP contribution is 2.28. The van der Waals surface area contributed by atoms with Gasteiger partial charge in [-0.1, -0.05) is 39.5 Å². The van der Waals surface area contributed by atoms with E-state index in [4.69, 9.17) is 0 Å². The summed E-state index contributed by atoms with van der Waals surface area (Å²) in [5, 5.41) is 3.59. The molecule has 1 fully saturated rings. The van der Waals surface area contributed by atoms with Crippen molar-refractivity contribution >= 4 is 0 Å². The van der Waals surface area contributed by atoms with Crippen LogP contribution in [-0.4, -0.2) is 37.6 Å². The zero-order valence-corrected chi connectivity index (χ0v) is 12.0. The van der Waals surface area contributed by atoms with Crippen LogP contribution in [0.3, 0.4) is 0 Å². The van der Waals surface area contributed by atoms with Crippen LogP contribution in [0.4, 0.5) is 0 Å². The molecule has 1 N–H and O–H groups in total. The molecule has 0 unspecified atom stereocenters. The molecule has 0 spiro atoms. The molecule has 0 aliphatic heterocycles. The first-order chi connectivity index (χ1) is 8.36. The summed E-state index contributed by atoms with van der Waals surface area (Å²) in [6, 6.07) is 0. The molecular formula is C15H32N2. The van der Waals surface area contributed by atoms with Crippen molar-refractivity contribution < 1.29 is 0 Å². The van der Waals surface area contributed by atoms with E-state index in [1.807, 2.05) is 0 Å². The lowest BCUT2D eigenvalue weighted by Gasteiger charge is -2.17. The third-order valence-electron chi connectivity index (χ3n) is 4.16. The van der Waals surface area contributed by atoms with Gasteiger partial charge in [-0.2, -0.15) is 0 Å². The highest BCUT2D eigenvalue weighted by atomic mass is 15.1. The highest BCUT2D eigenvalue weighted by Gasteiger charge is 2.13. The summed E-state index contributed by atoms with van der Waals surface area (Å²) in [4.78, 5) is 2.50. The molecule has 0 aromatic rings. The fraction of sp³-hybridized carbons (Fsp3) is 1.00. The molecule has 0 amide bonds. The van der Waals surface area contributed by atoms with Gasteiger partial charge in [-0.3, -0.25) is 0 Å². The maximum absolute atomic E-state index is 3.59. The Morgan fingerprint density at radius 3 is 2.29 bits per heavy atom. The van der Waals surface area contributed by atoms with Gasteiger partial charge in [-0.05, 0) is 57.9 Å². The number of nitrogens with zero attached hydrogens (tertiary/aromatic N) is 1. The molecule has 102 valence electrons. The van der Waals surface area contributed by atoms with E-state index in [0.29, 0.717) is 0 Å². The van der Waals surface area contributed by atoms with Gasteiger partial charge in [0.05, 0.1) is 0 Å². The van der Waals surface area contributed by atoms with E-state index in [9.17, 15) is 0 Å². The fourth-order valence-electron chi connectivity index (χ4n) is 2.91. The molecule has 0 aromatic carbocycles. The zero-order valence-electron chi connectivity index (χ0n) is 12.0. The Kier molecular flexibility index (Phi) is 8.72. The topological polar surface area (TPSA) is 15.3 Å². The summed E-state index contributed by atoms with van der Waals surface area (Å²) in [5.74, 6) is 1.06. The van der Waals surface area contributed by atoms with Crippen LogP contribution < -0.4 is 5.32 Å². The van der Waals surface area contributed by atoms with E-state index >= 15 is 0 Å². The second-order valence-electron chi connectivity index (χ2n) is 5.42. The summed E-state index contributed by atoms with van der Waals surface area (Å²) in [5.41, 5.74) is 0. The summed E-state index contributed by atoms with van der Waals surface area (Å²) in [7, 11) is 0. The molecule has 2 nitrogen and oxygen atoms in total. The van der Waals surface area contributed by atoms with E-state index in [1.165, 1.54) is 77.7 Å². The Labute approximate surface area is 108 Å². The van der Waals surface area contributed by atoms with Gasteiger partial charge in [0.1, 0.15) is 0 Å². The largest absolute Gasteiger partial charge is 0.317 e. The minimum Gasteiger partial charge on any atom is -0.317 e. The SMILES string of the molecule is CCN(CC)CCCNCCCC1CCCC1. The van der Waals surface area contributed by atoms with Crippen LogP contribution in [0.1, 0.15) is 58.8 Å². The quantitative estimate of drug-likeness (QED) is 0.590. The van der Waals surface area contributed by atoms with Gasteiger partial charge in [-0.15, -0.1) is 0 Å². The predicted octanol–water partition coefficient (Wildman–Crippen LogP) is 3.28. The molecule has 1 aliphatic rings. The van der Waals surface area contributed by atoms with Crippen LogP contribution in [-0.2, 0) is 0 Å². The van der Waals surface area contributed by atoms with Gasteiger partial charge in [-0.25, -0.2) is 0 Å². The standard InChI is InChI=1S/C15H32N2/c1-3-17(4-2)14-8-13-16-12-7-11-15-9-5-6-10-15/h15-16H,3-14H2,1-2H3. The molecule has 0 atom stereocenters. The Bertz CT molecular complexity index is 154. The Morgan fingerprint density at radius 2 is 1.65 bits per heavy atom. The van der Waals surface area contributed by atoms with Gasteiger partial charge in [0.15, 0.2) is 0 Å². The van der Waals surface area contributed by atoms with Gasteiger partial charge in [0.25, 0.3) is 0 Å². The van der Waals surface area contributed by atoms with Gasteiger partial charge < -0.3 is 10.2 Å². The van der Waals surface area contributed by atoms with Crippen molar-refractivity contribution in [2.45, 2.75) is 58.8 Å². The lowest BCUT2D eigenvalue weighted by atomic mass is 10.0. The lowest BCUT2D eigenvalue weighted by molar-refractivity contribution is 0.297. The average Bonchev–Trinajstić information content (AvgIpc) is 2.86. The second-order valence-corrected chi connectivity index (χ2v) is 5.42. The van der Waals surface area contributed by atoms with Crippen molar-refractivity contribution in [2.75, 3.05) is 32.7 Å². The molecule has 2 heteroatoms. The van der Waals surface area contributed by atoms with Crippen LogP contribution in [0.2, 0.25) is 0 Å². The van der Waals surface area contributed by atoms with Crippen molar-refractivity contribution in [3.05, 3.63) is 0 Å². The molecule has 1 aliphatic carbocycles. The van der Waals surface area contributed by atoms with Crippen molar-refractivity contribution in [3.8, 4) is 0 Å². The van der Waals surface area contributed by atoms with Gasteiger partial charge in [0, 0.05) is 0 Å². The van der Waals surface area contributed by atoms with Crippen molar-refractivity contribution in [2.24, 2.45) is 5.92 Å². The summed E-state index contributed by atoms with van der Waals surface area (Å²) in [6.45, 7) is 10.6. The lowest BCUT2D eigenvalue weighted by Crippen LogP contribution is -2.27. The Hall–Kier alpha value is -0.0800. The highest BCUT2D eigenvalue weighted by molar-refractivity contribution is 4.67. The van der Waals surface area contributed by atoms with Crippen LogP contribution >= 0.6 is 0 Å². The van der Waals surface area contributed by atoms with E-state index in [-0.39, 0.29) is 0 Å². The number of nitrogens with one attached hydrogen (secondary N) is 1. The smallest absolute Gasteiger partial charge is 0.000687 e. The molecular weight excluding hydrogens is 208 g/mol. The first kappa shape index (κ1) is 15.0. The average molecular weight is 240 g/mol. The first-order valence-corrected chi connectivity index (χ1v) is 7.79. The van der Waals surface area contributed by atoms with E-state index in [0.717, 1.165) is 5.92 Å². The molecule has 1 rings (SSSR count). The van der Waals surface area contributed by atoms with E-state index < -0.39 is 0 Å². The van der Waals surface area contributed by atoms with Crippen molar-refractivity contribution in [1.29, 1.82) is 0 Å². The number of hydrogen-bond acceptors (Lipinski definition) is 2. The molecule has 17 heavy (non-hydrogen) atoms. The van der Waals surface area contributed by atoms with Gasteiger partial charge in [0.2, 0.25) is 0 Å². The predicted molar refractivity (Wildman–Crippen MR) is 76.5 cm³/mol. The van der Waals surface area contributed by atoms with Crippen LogP contribution in [0.5, 0.6) is 0 Å². The maximum Gasteiger partial charge on any atom is -0.000687 e. The van der Waals surface area contributed by atoms with Crippen molar-refractivity contribution in [3.63, 3.8) is 0 Å². The number of rotatable bonds is 10.